The molecule has 0 amide bonds. The van der Waals surface area contributed by atoms with Crippen LogP contribution in [0.4, 0.5) is 5.82 Å². The third kappa shape index (κ3) is 2.94. The SMILES string of the molecule is CC1NCCN(c2ccnc(-c3cnc4cnc(Br)cn34)n2)C1c1cn[nH]c1. The van der Waals surface area contributed by atoms with E-state index in [2.05, 4.69) is 58.2 Å². The number of fused-ring (bicyclic) bond motifs is 1. The second-order valence-corrected chi connectivity index (χ2v) is 7.55. The summed E-state index contributed by atoms with van der Waals surface area (Å²) in [7, 11) is 0. The van der Waals surface area contributed by atoms with Crippen LogP contribution in [0.2, 0.25) is 0 Å². The summed E-state index contributed by atoms with van der Waals surface area (Å²) in [5.74, 6) is 1.51. The van der Waals surface area contributed by atoms with Crippen LogP contribution in [-0.2, 0) is 0 Å². The number of halogens is 1. The van der Waals surface area contributed by atoms with Gasteiger partial charge in [-0.2, -0.15) is 5.10 Å². The molecule has 2 N–H and O–H groups in total. The Bertz CT molecular complexity index is 1110. The van der Waals surface area contributed by atoms with Crippen LogP contribution in [0.1, 0.15) is 18.5 Å². The fourth-order valence-corrected chi connectivity index (χ4v) is 4.05. The van der Waals surface area contributed by atoms with Crippen LogP contribution in [0.5, 0.6) is 0 Å². The molecular formula is C18H18BrN9. The first-order valence-corrected chi connectivity index (χ1v) is 9.81. The number of hydrogen-bond donors (Lipinski definition) is 2. The lowest BCUT2D eigenvalue weighted by Gasteiger charge is -2.41. The molecule has 1 fully saturated rings. The summed E-state index contributed by atoms with van der Waals surface area (Å²) in [6.07, 6.45) is 11.0. The average molecular weight is 440 g/mol. The number of H-pyrrole nitrogens is 1. The molecule has 1 saturated heterocycles. The van der Waals surface area contributed by atoms with E-state index in [1.165, 1.54) is 0 Å². The van der Waals surface area contributed by atoms with E-state index < -0.39 is 0 Å². The molecule has 5 rings (SSSR count). The summed E-state index contributed by atoms with van der Waals surface area (Å²) < 4.78 is 2.66. The number of aromatic nitrogens is 7. The van der Waals surface area contributed by atoms with Crippen molar-refractivity contribution in [1.82, 2.24) is 39.9 Å². The molecule has 5 heterocycles. The summed E-state index contributed by atoms with van der Waals surface area (Å²) >= 11 is 3.41. The molecule has 4 aromatic rings. The highest BCUT2D eigenvalue weighted by Gasteiger charge is 2.31. The lowest BCUT2D eigenvalue weighted by Crippen LogP contribution is -2.51. The van der Waals surface area contributed by atoms with Crippen molar-refractivity contribution in [3.63, 3.8) is 0 Å². The zero-order chi connectivity index (χ0) is 19.1. The average Bonchev–Trinajstić information content (AvgIpc) is 3.37. The smallest absolute Gasteiger partial charge is 0.180 e. The Hall–Kier alpha value is -2.85. The van der Waals surface area contributed by atoms with E-state index in [0.29, 0.717) is 5.82 Å². The first-order chi connectivity index (χ1) is 13.7. The molecule has 28 heavy (non-hydrogen) atoms. The van der Waals surface area contributed by atoms with Gasteiger partial charge in [0.25, 0.3) is 0 Å². The number of nitrogens with zero attached hydrogens (tertiary/aromatic N) is 7. The summed E-state index contributed by atoms with van der Waals surface area (Å²) in [6.45, 7) is 3.92. The van der Waals surface area contributed by atoms with Gasteiger partial charge in [0.1, 0.15) is 16.1 Å². The van der Waals surface area contributed by atoms with Gasteiger partial charge in [0.2, 0.25) is 0 Å². The van der Waals surface area contributed by atoms with Gasteiger partial charge in [-0.1, -0.05) is 0 Å². The van der Waals surface area contributed by atoms with Crippen molar-refractivity contribution in [3.8, 4) is 11.5 Å². The van der Waals surface area contributed by atoms with E-state index >= 15 is 0 Å². The summed E-state index contributed by atoms with van der Waals surface area (Å²) in [6, 6.07) is 2.35. The largest absolute Gasteiger partial charge is 0.346 e. The van der Waals surface area contributed by atoms with Crippen molar-refractivity contribution in [2.75, 3.05) is 18.0 Å². The Morgan fingerprint density at radius 2 is 2.11 bits per heavy atom. The first kappa shape index (κ1) is 17.3. The molecule has 0 bridgehead atoms. The van der Waals surface area contributed by atoms with Crippen molar-refractivity contribution in [1.29, 1.82) is 0 Å². The van der Waals surface area contributed by atoms with Crippen LogP contribution in [0.25, 0.3) is 17.2 Å². The Morgan fingerprint density at radius 1 is 1.18 bits per heavy atom. The molecule has 0 radical (unpaired) electrons. The van der Waals surface area contributed by atoms with Crippen molar-refractivity contribution in [3.05, 3.63) is 53.4 Å². The third-order valence-electron chi connectivity index (χ3n) is 5.02. The molecule has 142 valence electrons. The molecule has 2 unspecified atom stereocenters. The van der Waals surface area contributed by atoms with E-state index in [1.807, 2.05) is 29.1 Å². The van der Waals surface area contributed by atoms with Gasteiger partial charge in [-0.15, -0.1) is 0 Å². The quantitative estimate of drug-likeness (QED) is 0.504. The van der Waals surface area contributed by atoms with Crippen molar-refractivity contribution >= 4 is 27.4 Å². The normalized spacial score (nSPS) is 20.0. The number of aromatic amines is 1. The van der Waals surface area contributed by atoms with Crippen LogP contribution in [0.15, 0.2) is 47.9 Å². The standard InChI is InChI=1S/C18H18BrN9/c1-11-17(12-6-24-25-7-12)27(5-4-20-11)15-2-3-21-18(26-15)13-8-23-16-9-22-14(19)10-28(13)16/h2-3,6-11,17,20H,4-5H2,1H3,(H,24,25). The molecule has 1 aliphatic heterocycles. The predicted octanol–water partition coefficient (Wildman–Crippen LogP) is 2.21. The van der Waals surface area contributed by atoms with E-state index in [9.17, 15) is 0 Å². The maximum atomic E-state index is 4.87. The van der Waals surface area contributed by atoms with Crippen LogP contribution in [0, 0.1) is 0 Å². The number of piperazine rings is 1. The molecule has 0 saturated carbocycles. The summed E-state index contributed by atoms with van der Waals surface area (Å²) in [5, 5.41) is 10.6. The predicted molar refractivity (Wildman–Crippen MR) is 108 cm³/mol. The second kappa shape index (κ2) is 6.95. The molecule has 1 aliphatic rings. The van der Waals surface area contributed by atoms with Crippen molar-refractivity contribution in [2.24, 2.45) is 0 Å². The maximum Gasteiger partial charge on any atom is 0.180 e. The third-order valence-corrected chi connectivity index (χ3v) is 5.43. The molecule has 4 aromatic heterocycles. The van der Waals surface area contributed by atoms with E-state index in [1.54, 1.807) is 18.6 Å². The maximum absolute atomic E-state index is 4.87. The van der Waals surface area contributed by atoms with Crippen LogP contribution in [0.3, 0.4) is 0 Å². The van der Waals surface area contributed by atoms with E-state index in [0.717, 1.165) is 40.4 Å². The fourth-order valence-electron chi connectivity index (χ4n) is 3.75. The van der Waals surface area contributed by atoms with E-state index in [-0.39, 0.29) is 12.1 Å². The van der Waals surface area contributed by atoms with Gasteiger partial charge in [0, 0.05) is 43.3 Å². The van der Waals surface area contributed by atoms with Crippen LogP contribution in [-0.4, -0.2) is 53.7 Å². The fraction of sp³-hybridized carbons (Fsp3) is 0.278. The minimum absolute atomic E-state index is 0.135. The number of rotatable bonds is 3. The minimum atomic E-state index is 0.135. The second-order valence-electron chi connectivity index (χ2n) is 6.73. The Morgan fingerprint density at radius 3 is 2.96 bits per heavy atom. The van der Waals surface area contributed by atoms with Gasteiger partial charge in [-0.05, 0) is 28.9 Å². The molecule has 10 heteroatoms. The lowest BCUT2D eigenvalue weighted by molar-refractivity contribution is 0.391. The number of imidazole rings is 1. The summed E-state index contributed by atoms with van der Waals surface area (Å²) in [4.78, 5) is 20.3. The highest BCUT2D eigenvalue weighted by molar-refractivity contribution is 9.10. The summed E-state index contributed by atoms with van der Waals surface area (Å²) in [5.41, 5.74) is 2.70. The zero-order valence-electron chi connectivity index (χ0n) is 15.1. The number of nitrogens with one attached hydrogen (secondary N) is 2. The minimum Gasteiger partial charge on any atom is -0.346 e. The zero-order valence-corrected chi connectivity index (χ0v) is 16.7. The number of anilines is 1. The van der Waals surface area contributed by atoms with Crippen LogP contribution < -0.4 is 10.2 Å². The lowest BCUT2D eigenvalue weighted by atomic mass is 9.99. The van der Waals surface area contributed by atoms with Gasteiger partial charge in [-0.3, -0.25) is 9.50 Å². The monoisotopic (exact) mass is 439 g/mol. The van der Waals surface area contributed by atoms with Crippen LogP contribution >= 0.6 is 15.9 Å². The highest BCUT2D eigenvalue weighted by Crippen LogP contribution is 2.31. The Labute approximate surface area is 169 Å². The van der Waals surface area contributed by atoms with E-state index in [4.69, 9.17) is 4.98 Å². The Balaban J connectivity index is 1.57. The topological polar surface area (TPSA) is 99.9 Å². The van der Waals surface area contributed by atoms with Gasteiger partial charge < -0.3 is 10.2 Å². The van der Waals surface area contributed by atoms with Gasteiger partial charge in [-0.25, -0.2) is 19.9 Å². The molecule has 9 nitrogen and oxygen atoms in total. The molecule has 0 spiro atoms. The first-order valence-electron chi connectivity index (χ1n) is 9.01. The van der Waals surface area contributed by atoms with Gasteiger partial charge >= 0.3 is 0 Å². The Kier molecular flexibility index (Phi) is 4.29. The molecule has 0 aliphatic carbocycles. The highest BCUT2D eigenvalue weighted by atomic mass is 79.9. The van der Waals surface area contributed by atoms with Crippen molar-refractivity contribution < 1.29 is 0 Å². The van der Waals surface area contributed by atoms with Gasteiger partial charge in [0.15, 0.2) is 11.5 Å². The molecule has 2 atom stereocenters. The van der Waals surface area contributed by atoms with Gasteiger partial charge in [0.05, 0.1) is 24.6 Å². The molecule has 0 aromatic carbocycles. The van der Waals surface area contributed by atoms with Crippen molar-refractivity contribution in [2.45, 2.75) is 19.0 Å². The number of hydrogen-bond acceptors (Lipinski definition) is 7. The molecular weight excluding hydrogens is 422 g/mol.